The second kappa shape index (κ2) is 5.70. The van der Waals surface area contributed by atoms with Crippen LogP contribution in [0.4, 0.5) is 4.39 Å². The lowest BCUT2D eigenvalue weighted by Crippen LogP contribution is -2.53. The van der Waals surface area contributed by atoms with Gasteiger partial charge in [-0.3, -0.25) is 4.39 Å². The van der Waals surface area contributed by atoms with Gasteiger partial charge in [-0.1, -0.05) is 30.3 Å². The summed E-state index contributed by atoms with van der Waals surface area (Å²) in [7, 11) is 0. The van der Waals surface area contributed by atoms with Crippen molar-refractivity contribution in [1.82, 2.24) is 0 Å². The van der Waals surface area contributed by atoms with Crippen molar-refractivity contribution < 1.29 is 10.1 Å². The summed E-state index contributed by atoms with van der Waals surface area (Å²) in [6, 6.07) is 10.5. The van der Waals surface area contributed by atoms with E-state index >= 15 is 0 Å². The quantitative estimate of drug-likeness (QED) is 0.675. The lowest BCUT2D eigenvalue weighted by atomic mass is 10.0. The second-order valence-electron chi connectivity index (χ2n) is 3.29. The molecule has 0 saturated heterocycles. The third kappa shape index (κ3) is 3.55. The molecule has 1 aromatic rings. The van der Waals surface area contributed by atoms with Crippen LogP contribution in [0.5, 0.6) is 0 Å². The van der Waals surface area contributed by atoms with Crippen molar-refractivity contribution in [2.24, 2.45) is 0 Å². The van der Waals surface area contributed by atoms with Gasteiger partial charge in [-0.05, 0) is 12.8 Å². The maximum atomic E-state index is 11.8. The standard InChI is InChI=1S/C11H16FN/c12-9-5-4-8-11(13)10-6-2-1-3-7-10/h1-3,6-7,11H,4-5,8-9,13H2/p+1. The molecule has 1 unspecified atom stereocenters. The van der Waals surface area contributed by atoms with E-state index in [0.717, 1.165) is 12.8 Å². The zero-order valence-corrected chi connectivity index (χ0v) is 7.88. The fourth-order valence-electron chi connectivity index (χ4n) is 1.38. The highest BCUT2D eigenvalue weighted by Gasteiger charge is 2.07. The van der Waals surface area contributed by atoms with Crippen LogP contribution in [0.2, 0.25) is 0 Å². The molecule has 13 heavy (non-hydrogen) atoms. The monoisotopic (exact) mass is 182 g/mol. The van der Waals surface area contributed by atoms with Gasteiger partial charge in [0.25, 0.3) is 0 Å². The van der Waals surface area contributed by atoms with Gasteiger partial charge in [-0.15, -0.1) is 0 Å². The van der Waals surface area contributed by atoms with Gasteiger partial charge in [0.2, 0.25) is 0 Å². The zero-order chi connectivity index (χ0) is 9.52. The summed E-state index contributed by atoms with van der Waals surface area (Å²) in [6.45, 7) is -0.207. The van der Waals surface area contributed by atoms with Crippen LogP contribution in [0.25, 0.3) is 0 Å². The number of hydrogen-bond acceptors (Lipinski definition) is 0. The average Bonchev–Trinajstić information content (AvgIpc) is 2.19. The van der Waals surface area contributed by atoms with E-state index in [1.807, 2.05) is 18.2 Å². The molecule has 3 N–H and O–H groups in total. The summed E-state index contributed by atoms with van der Waals surface area (Å²) in [5.41, 5.74) is 5.31. The van der Waals surface area contributed by atoms with Crippen molar-refractivity contribution in [3.63, 3.8) is 0 Å². The first-order valence-electron chi connectivity index (χ1n) is 4.78. The van der Waals surface area contributed by atoms with Crippen LogP contribution in [-0.4, -0.2) is 6.67 Å². The molecule has 0 radical (unpaired) electrons. The lowest BCUT2D eigenvalue weighted by Gasteiger charge is -2.07. The summed E-state index contributed by atoms with van der Waals surface area (Å²) in [4.78, 5) is 0. The van der Waals surface area contributed by atoms with E-state index in [2.05, 4.69) is 17.9 Å². The highest BCUT2D eigenvalue weighted by molar-refractivity contribution is 5.16. The molecular formula is C11H17FN+. The highest BCUT2D eigenvalue weighted by atomic mass is 19.1. The molecule has 0 aromatic heterocycles. The van der Waals surface area contributed by atoms with E-state index in [0.29, 0.717) is 12.5 Å². The van der Waals surface area contributed by atoms with Crippen molar-refractivity contribution in [2.45, 2.75) is 25.3 Å². The lowest BCUT2D eigenvalue weighted by molar-refractivity contribution is -0.428. The predicted molar refractivity (Wildman–Crippen MR) is 51.9 cm³/mol. The molecule has 1 aromatic carbocycles. The summed E-state index contributed by atoms with van der Waals surface area (Å²) in [6.07, 6.45) is 2.58. The van der Waals surface area contributed by atoms with Gasteiger partial charge >= 0.3 is 0 Å². The van der Waals surface area contributed by atoms with E-state index in [1.165, 1.54) is 5.56 Å². The van der Waals surface area contributed by atoms with Crippen LogP contribution < -0.4 is 5.73 Å². The van der Waals surface area contributed by atoms with Gasteiger partial charge in [0.05, 0.1) is 6.67 Å². The van der Waals surface area contributed by atoms with Crippen LogP contribution in [0.15, 0.2) is 30.3 Å². The van der Waals surface area contributed by atoms with Gasteiger partial charge in [-0.2, -0.15) is 0 Å². The van der Waals surface area contributed by atoms with E-state index in [-0.39, 0.29) is 6.67 Å². The Hall–Kier alpha value is -0.890. The Bertz CT molecular complexity index is 223. The van der Waals surface area contributed by atoms with E-state index in [1.54, 1.807) is 0 Å². The van der Waals surface area contributed by atoms with Crippen LogP contribution in [-0.2, 0) is 0 Å². The van der Waals surface area contributed by atoms with Gasteiger partial charge in [0.1, 0.15) is 6.04 Å². The minimum Gasteiger partial charge on any atom is -0.351 e. The maximum Gasteiger partial charge on any atom is 0.110 e. The largest absolute Gasteiger partial charge is 0.351 e. The SMILES string of the molecule is [NH3+]C(CCCCF)c1ccccc1. The molecule has 1 nitrogen and oxygen atoms in total. The molecule has 0 fully saturated rings. The molecule has 0 aliphatic heterocycles. The predicted octanol–water partition coefficient (Wildman–Crippen LogP) is 2.11. The van der Waals surface area contributed by atoms with E-state index in [4.69, 9.17) is 0 Å². The van der Waals surface area contributed by atoms with Gasteiger partial charge in [-0.25, -0.2) is 0 Å². The number of alkyl halides is 1. The molecule has 2 heteroatoms. The first-order valence-corrected chi connectivity index (χ1v) is 4.78. The smallest absolute Gasteiger partial charge is 0.110 e. The molecule has 0 amide bonds. The Kier molecular flexibility index (Phi) is 4.47. The fraction of sp³-hybridized carbons (Fsp3) is 0.455. The van der Waals surface area contributed by atoms with Gasteiger partial charge < -0.3 is 5.73 Å². The normalized spacial score (nSPS) is 12.8. The third-order valence-electron chi connectivity index (χ3n) is 2.21. The van der Waals surface area contributed by atoms with Crippen molar-refractivity contribution in [2.75, 3.05) is 6.67 Å². The highest BCUT2D eigenvalue weighted by Crippen LogP contribution is 2.14. The van der Waals surface area contributed by atoms with Crippen molar-refractivity contribution in [3.05, 3.63) is 35.9 Å². The first-order chi connectivity index (χ1) is 6.34. The summed E-state index contributed by atoms with van der Waals surface area (Å²) >= 11 is 0. The van der Waals surface area contributed by atoms with Crippen molar-refractivity contribution >= 4 is 0 Å². The maximum absolute atomic E-state index is 11.8. The second-order valence-corrected chi connectivity index (χ2v) is 3.29. The average molecular weight is 182 g/mol. The molecule has 0 aliphatic carbocycles. The molecule has 72 valence electrons. The number of rotatable bonds is 5. The Morgan fingerprint density at radius 3 is 2.46 bits per heavy atom. The number of halogens is 1. The van der Waals surface area contributed by atoms with Crippen LogP contribution >= 0.6 is 0 Å². The first kappa shape index (κ1) is 10.2. The topological polar surface area (TPSA) is 27.6 Å². The summed E-state index contributed by atoms with van der Waals surface area (Å²) in [5.74, 6) is 0. The molecule has 0 bridgehead atoms. The van der Waals surface area contributed by atoms with Gasteiger partial charge in [0, 0.05) is 12.0 Å². The number of quaternary nitrogens is 1. The molecular weight excluding hydrogens is 165 g/mol. The molecule has 0 spiro atoms. The number of unbranched alkanes of at least 4 members (excludes halogenated alkanes) is 1. The van der Waals surface area contributed by atoms with Crippen LogP contribution in [0.3, 0.4) is 0 Å². The Balaban J connectivity index is 2.35. The molecule has 0 heterocycles. The van der Waals surface area contributed by atoms with Crippen molar-refractivity contribution in [3.8, 4) is 0 Å². The third-order valence-corrected chi connectivity index (χ3v) is 2.21. The van der Waals surface area contributed by atoms with E-state index in [9.17, 15) is 4.39 Å². The number of hydrogen-bond donors (Lipinski definition) is 1. The minimum atomic E-state index is -0.207. The Morgan fingerprint density at radius 2 is 1.85 bits per heavy atom. The number of benzene rings is 1. The van der Waals surface area contributed by atoms with E-state index < -0.39 is 0 Å². The Morgan fingerprint density at radius 1 is 1.15 bits per heavy atom. The summed E-state index contributed by atoms with van der Waals surface area (Å²) in [5, 5.41) is 0. The Labute approximate surface area is 78.8 Å². The zero-order valence-electron chi connectivity index (χ0n) is 7.88. The molecule has 0 aliphatic rings. The molecule has 1 atom stereocenters. The van der Waals surface area contributed by atoms with Gasteiger partial charge in [0.15, 0.2) is 0 Å². The van der Waals surface area contributed by atoms with Crippen LogP contribution in [0.1, 0.15) is 30.9 Å². The van der Waals surface area contributed by atoms with Crippen LogP contribution in [0, 0.1) is 0 Å². The minimum absolute atomic E-state index is 0.207. The van der Waals surface area contributed by atoms with Crippen molar-refractivity contribution in [1.29, 1.82) is 0 Å². The summed E-state index contributed by atoms with van der Waals surface area (Å²) < 4.78 is 11.8. The molecule has 1 rings (SSSR count). The molecule has 0 saturated carbocycles. The fourth-order valence-corrected chi connectivity index (χ4v) is 1.38.